The van der Waals surface area contributed by atoms with E-state index in [0.29, 0.717) is 21.3 Å². The smallest absolute Gasteiger partial charge is 0.348 e. The van der Waals surface area contributed by atoms with Crippen LogP contribution in [0.15, 0.2) is 18.2 Å². The molecule has 1 amide bonds. The Balaban J connectivity index is 2.14. The molecule has 0 atom stereocenters. The molecule has 2 rings (SSSR count). The lowest BCUT2D eigenvalue weighted by atomic mass is 10.1. The summed E-state index contributed by atoms with van der Waals surface area (Å²) in [6, 6.07) is 6.92. The van der Waals surface area contributed by atoms with Crippen LogP contribution in [0.5, 0.6) is 0 Å². The summed E-state index contributed by atoms with van der Waals surface area (Å²) in [6.07, 6.45) is 0. The third-order valence-electron chi connectivity index (χ3n) is 3.68. The number of likely N-dealkylation sites (N-methyl/N-ethyl adjacent to an activating group) is 1. The van der Waals surface area contributed by atoms with Gasteiger partial charge in [0.1, 0.15) is 15.9 Å². The number of esters is 1. The quantitative estimate of drug-likeness (QED) is 0.634. The third-order valence-corrected chi connectivity index (χ3v) is 5.35. The summed E-state index contributed by atoms with van der Waals surface area (Å²) >= 11 is 13.1. The minimum Gasteiger partial charge on any atom is -0.462 e. The SMILES string of the molecule is CCOC(=O)c1sc(N)c(C#N)c1CN(C)CC(=O)Nc1c(Cl)cccc1Cl. The molecule has 0 saturated carbocycles. The molecule has 10 heteroatoms. The number of hydrogen-bond acceptors (Lipinski definition) is 7. The van der Waals surface area contributed by atoms with Crippen LogP contribution < -0.4 is 11.1 Å². The molecule has 3 N–H and O–H groups in total. The fraction of sp³-hybridized carbons (Fsp3) is 0.278. The lowest BCUT2D eigenvalue weighted by Gasteiger charge is -2.17. The fourth-order valence-corrected chi connectivity index (χ4v) is 3.90. The van der Waals surface area contributed by atoms with Gasteiger partial charge in [-0.3, -0.25) is 9.69 Å². The predicted molar refractivity (Wildman–Crippen MR) is 111 cm³/mol. The van der Waals surface area contributed by atoms with E-state index >= 15 is 0 Å². The Morgan fingerprint density at radius 2 is 2.00 bits per heavy atom. The summed E-state index contributed by atoms with van der Waals surface area (Å²) in [5.41, 5.74) is 6.84. The van der Waals surface area contributed by atoms with Crippen LogP contribution in [0, 0.1) is 11.3 Å². The van der Waals surface area contributed by atoms with Crippen LogP contribution in [0.25, 0.3) is 0 Å². The van der Waals surface area contributed by atoms with Crippen LogP contribution in [-0.4, -0.2) is 37.0 Å². The second-order valence-corrected chi connectivity index (χ2v) is 7.66. The van der Waals surface area contributed by atoms with E-state index < -0.39 is 5.97 Å². The zero-order valence-electron chi connectivity index (χ0n) is 15.2. The lowest BCUT2D eigenvalue weighted by Crippen LogP contribution is -2.30. The Morgan fingerprint density at radius 1 is 1.36 bits per heavy atom. The van der Waals surface area contributed by atoms with Gasteiger partial charge in [-0.25, -0.2) is 4.79 Å². The molecule has 1 aromatic carbocycles. The Labute approximate surface area is 176 Å². The monoisotopic (exact) mass is 440 g/mol. The first kappa shape index (κ1) is 22.0. The van der Waals surface area contributed by atoms with E-state index in [1.54, 1.807) is 37.1 Å². The minimum atomic E-state index is -0.545. The van der Waals surface area contributed by atoms with E-state index in [4.69, 9.17) is 33.7 Å². The number of nitriles is 1. The molecule has 0 saturated heterocycles. The number of halogens is 2. The summed E-state index contributed by atoms with van der Waals surface area (Å²) in [7, 11) is 1.68. The summed E-state index contributed by atoms with van der Waals surface area (Å²) < 4.78 is 5.03. The molecule has 0 aliphatic heterocycles. The maximum absolute atomic E-state index is 12.3. The average molecular weight is 441 g/mol. The predicted octanol–water partition coefficient (Wildman–Crippen LogP) is 3.76. The van der Waals surface area contributed by atoms with Crippen molar-refractivity contribution in [3.8, 4) is 6.07 Å². The molecule has 148 valence electrons. The van der Waals surface area contributed by atoms with Crippen molar-refractivity contribution in [3.05, 3.63) is 44.2 Å². The van der Waals surface area contributed by atoms with Gasteiger partial charge < -0.3 is 15.8 Å². The van der Waals surface area contributed by atoms with Gasteiger partial charge in [0.2, 0.25) is 5.91 Å². The number of nitrogens with one attached hydrogen (secondary N) is 1. The number of carbonyl (C=O) groups is 2. The molecule has 0 radical (unpaired) electrons. The van der Waals surface area contributed by atoms with E-state index in [9.17, 15) is 14.9 Å². The molecule has 0 spiro atoms. The number of nitrogens with zero attached hydrogens (tertiary/aromatic N) is 2. The molecule has 1 heterocycles. The van der Waals surface area contributed by atoms with Gasteiger partial charge in [-0.2, -0.15) is 5.26 Å². The average Bonchev–Trinajstić information content (AvgIpc) is 2.93. The number of para-hydroxylation sites is 1. The van der Waals surface area contributed by atoms with Gasteiger partial charge in [0.15, 0.2) is 0 Å². The Bertz CT molecular complexity index is 919. The highest BCUT2D eigenvalue weighted by Gasteiger charge is 2.24. The van der Waals surface area contributed by atoms with Crippen LogP contribution in [0.3, 0.4) is 0 Å². The van der Waals surface area contributed by atoms with Gasteiger partial charge in [0.05, 0.1) is 34.4 Å². The van der Waals surface area contributed by atoms with Gasteiger partial charge in [-0.1, -0.05) is 29.3 Å². The fourth-order valence-electron chi connectivity index (χ4n) is 2.49. The van der Waals surface area contributed by atoms with E-state index in [0.717, 1.165) is 11.3 Å². The van der Waals surface area contributed by atoms with Gasteiger partial charge in [0, 0.05) is 12.1 Å². The summed E-state index contributed by atoms with van der Waals surface area (Å²) in [4.78, 5) is 26.4. The maximum atomic E-state index is 12.3. The standard InChI is InChI=1S/C18H18Cl2N4O3S/c1-3-27-18(26)16-11(10(7-21)17(22)28-16)8-24(2)9-14(25)23-15-12(19)5-4-6-13(15)20/h4-6H,3,8-9,22H2,1-2H3,(H,23,25). The number of thiophene rings is 1. The molecule has 0 unspecified atom stereocenters. The van der Waals surface area contributed by atoms with Crippen molar-refractivity contribution in [1.82, 2.24) is 4.90 Å². The Kier molecular flexibility index (Phi) is 7.66. The number of benzene rings is 1. The van der Waals surface area contributed by atoms with Gasteiger partial charge in [-0.15, -0.1) is 11.3 Å². The first-order valence-electron chi connectivity index (χ1n) is 8.19. The zero-order valence-corrected chi connectivity index (χ0v) is 17.5. The van der Waals surface area contributed by atoms with E-state index in [1.807, 2.05) is 6.07 Å². The van der Waals surface area contributed by atoms with Crippen molar-refractivity contribution in [2.45, 2.75) is 13.5 Å². The van der Waals surface area contributed by atoms with Crippen molar-refractivity contribution < 1.29 is 14.3 Å². The molecular weight excluding hydrogens is 423 g/mol. The molecule has 0 aliphatic carbocycles. The highest BCUT2D eigenvalue weighted by atomic mass is 35.5. The number of nitrogens with two attached hydrogens (primary N) is 1. The van der Waals surface area contributed by atoms with Crippen molar-refractivity contribution in [2.24, 2.45) is 0 Å². The van der Waals surface area contributed by atoms with Crippen molar-refractivity contribution >= 4 is 57.1 Å². The number of amides is 1. The molecule has 1 aromatic heterocycles. The lowest BCUT2D eigenvalue weighted by molar-refractivity contribution is -0.117. The van der Waals surface area contributed by atoms with Crippen molar-refractivity contribution in [2.75, 3.05) is 31.2 Å². The third kappa shape index (κ3) is 5.14. The molecule has 0 fully saturated rings. The molecule has 7 nitrogen and oxygen atoms in total. The highest BCUT2D eigenvalue weighted by Crippen LogP contribution is 2.32. The number of rotatable bonds is 7. The van der Waals surface area contributed by atoms with Crippen LogP contribution in [0.1, 0.15) is 27.7 Å². The van der Waals surface area contributed by atoms with E-state index in [2.05, 4.69) is 5.32 Å². The molecule has 28 heavy (non-hydrogen) atoms. The summed E-state index contributed by atoms with van der Waals surface area (Å²) in [5.74, 6) is -0.895. The summed E-state index contributed by atoms with van der Waals surface area (Å²) in [6.45, 7) is 2.03. The maximum Gasteiger partial charge on any atom is 0.348 e. The largest absolute Gasteiger partial charge is 0.462 e. The number of carbonyl (C=O) groups excluding carboxylic acids is 2. The van der Waals surface area contributed by atoms with Crippen LogP contribution in [-0.2, 0) is 16.1 Å². The van der Waals surface area contributed by atoms with Gasteiger partial charge in [0.25, 0.3) is 0 Å². The summed E-state index contributed by atoms with van der Waals surface area (Å²) in [5, 5.41) is 12.9. The minimum absolute atomic E-state index is 0.0234. The normalized spacial score (nSPS) is 10.6. The second-order valence-electron chi connectivity index (χ2n) is 5.80. The number of hydrogen-bond donors (Lipinski definition) is 2. The first-order valence-corrected chi connectivity index (χ1v) is 9.76. The van der Waals surface area contributed by atoms with Crippen LogP contribution >= 0.6 is 34.5 Å². The van der Waals surface area contributed by atoms with Crippen molar-refractivity contribution in [1.29, 1.82) is 5.26 Å². The molecule has 0 aliphatic rings. The van der Waals surface area contributed by atoms with Gasteiger partial charge >= 0.3 is 5.97 Å². The number of anilines is 2. The van der Waals surface area contributed by atoms with E-state index in [-0.39, 0.29) is 41.0 Å². The topological polar surface area (TPSA) is 108 Å². The Hall–Kier alpha value is -2.31. The number of nitrogen functional groups attached to an aromatic ring is 1. The molecular formula is C18H18Cl2N4O3S. The molecule has 2 aromatic rings. The first-order chi connectivity index (χ1) is 13.3. The van der Waals surface area contributed by atoms with Crippen molar-refractivity contribution in [3.63, 3.8) is 0 Å². The number of ether oxygens (including phenoxy) is 1. The van der Waals surface area contributed by atoms with Crippen LogP contribution in [0.4, 0.5) is 10.7 Å². The van der Waals surface area contributed by atoms with Gasteiger partial charge in [-0.05, 0) is 26.1 Å². The highest BCUT2D eigenvalue weighted by molar-refractivity contribution is 7.18. The molecule has 0 bridgehead atoms. The van der Waals surface area contributed by atoms with Crippen LogP contribution in [0.2, 0.25) is 10.0 Å². The zero-order chi connectivity index (χ0) is 20.8. The second kappa shape index (κ2) is 9.75. The van der Waals surface area contributed by atoms with E-state index in [1.165, 1.54) is 0 Å². The Morgan fingerprint density at radius 3 is 2.57 bits per heavy atom.